The number of carbonyl (C=O) groups is 5. The molecule has 3 aromatic rings. The molecule has 2 bridgehead atoms. The molecular weight excluding hydrogens is 536 g/mol. The van der Waals surface area contributed by atoms with Crippen molar-refractivity contribution in [1.29, 1.82) is 0 Å². The first kappa shape index (κ1) is 27.4. The fourth-order valence-corrected chi connectivity index (χ4v) is 6.86. The van der Waals surface area contributed by atoms with E-state index < -0.39 is 24.5 Å². The molecule has 9 nitrogen and oxygen atoms in total. The van der Waals surface area contributed by atoms with Crippen LogP contribution in [-0.2, 0) is 23.9 Å². The van der Waals surface area contributed by atoms with Crippen molar-refractivity contribution < 1.29 is 33.4 Å². The van der Waals surface area contributed by atoms with Crippen LogP contribution in [0.25, 0.3) is 0 Å². The number of nitrogens with zero attached hydrogens (tertiary/aromatic N) is 1. The summed E-state index contributed by atoms with van der Waals surface area (Å²) in [6.45, 7) is 1.46. The highest BCUT2D eigenvalue weighted by Crippen LogP contribution is 2.61. The number of ether oxygens (including phenoxy) is 2. The Morgan fingerprint density at radius 2 is 1.40 bits per heavy atom. The molecule has 3 amide bonds. The van der Waals surface area contributed by atoms with E-state index in [-0.39, 0.29) is 53.6 Å². The zero-order chi connectivity index (χ0) is 29.4. The van der Waals surface area contributed by atoms with Crippen LogP contribution in [0.5, 0.6) is 0 Å². The number of carbonyl (C=O) groups excluding carboxylic acids is 5. The van der Waals surface area contributed by atoms with E-state index in [1.165, 1.54) is 34.7 Å². The fourth-order valence-electron chi connectivity index (χ4n) is 6.86. The lowest BCUT2D eigenvalue weighted by Gasteiger charge is -2.28. The van der Waals surface area contributed by atoms with Gasteiger partial charge < -0.3 is 14.8 Å². The van der Waals surface area contributed by atoms with Gasteiger partial charge in [-0.3, -0.25) is 19.3 Å². The van der Waals surface area contributed by atoms with E-state index in [0.717, 1.165) is 12.8 Å². The zero-order valence-electron chi connectivity index (χ0n) is 23.0. The van der Waals surface area contributed by atoms with Gasteiger partial charge in [-0.25, -0.2) is 9.59 Å². The number of amides is 3. The molecule has 6 rings (SSSR count). The first-order valence-electron chi connectivity index (χ1n) is 14.1. The first-order valence-corrected chi connectivity index (χ1v) is 14.1. The summed E-state index contributed by atoms with van der Waals surface area (Å²) in [5, 5.41) is 2.60. The third kappa shape index (κ3) is 4.95. The molecule has 0 aromatic heterocycles. The van der Waals surface area contributed by atoms with Crippen molar-refractivity contribution in [3.63, 3.8) is 0 Å². The monoisotopic (exact) mass is 566 g/mol. The highest BCUT2D eigenvalue weighted by atomic mass is 16.5. The van der Waals surface area contributed by atoms with Gasteiger partial charge in [0, 0.05) is 5.69 Å². The lowest BCUT2D eigenvalue weighted by molar-refractivity contribution is -0.123. The molecule has 9 heteroatoms. The molecule has 0 radical (unpaired) electrons. The Morgan fingerprint density at radius 1 is 0.786 bits per heavy atom. The lowest BCUT2D eigenvalue weighted by Crippen LogP contribution is -2.33. The third-order valence-electron chi connectivity index (χ3n) is 8.62. The number of fused-ring (bicyclic) bond motifs is 5. The van der Waals surface area contributed by atoms with Crippen LogP contribution < -0.4 is 10.2 Å². The van der Waals surface area contributed by atoms with Crippen molar-refractivity contribution in [3.05, 3.63) is 95.6 Å². The minimum atomic E-state index is -0.714. The Morgan fingerprint density at radius 3 is 2.07 bits per heavy atom. The maximum atomic E-state index is 13.5. The van der Waals surface area contributed by atoms with Crippen molar-refractivity contribution in [3.8, 4) is 0 Å². The van der Waals surface area contributed by atoms with Crippen molar-refractivity contribution >= 4 is 41.0 Å². The van der Waals surface area contributed by atoms with Gasteiger partial charge in [-0.2, -0.15) is 0 Å². The normalized spacial score (nSPS) is 23.9. The van der Waals surface area contributed by atoms with E-state index in [0.29, 0.717) is 16.9 Å². The van der Waals surface area contributed by atoms with Gasteiger partial charge in [0.1, 0.15) is 0 Å². The zero-order valence-corrected chi connectivity index (χ0v) is 23.0. The van der Waals surface area contributed by atoms with Gasteiger partial charge in [0.25, 0.3) is 5.91 Å². The van der Waals surface area contributed by atoms with Crippen molar-refractivity contribution in [2.45, 2.75) is 25.7 Å². The molecule has 3 fully saturated rings. The van der Waals surface area contributed by atoms with Crippen LogP contribution in [0.1, 0.15) is 52.0 Å². The summed E-state index contributed by atoms with van der Waals surface area (Å²) < 4.78 is 10.1. The Bertz CT molecular complexity index is 1530. The second-order valence-electron chi connectivity index (χ2n) is 10.9. The van der Waals surface area contributed by atoms with E-state index in [1.807, 2.05) is 18.2 Å². The Labute approximate surface area is 242 Å². The van der Waals surface area contributed by atoms with Crippen LogP contribution in [0.4, 0.5) is 11.4 Å². The molecule has 2 saturated carbocycles. The van der Waals surface area contributed by atoms with Gasteiger partial charge in [0.05, 0.1) is 35.3 Å². The number of nitrogens with one attached hydrogen (secondary N) is 1. The number of hydrogen-bond acceptors (Lipinski definition) is 7. The summed E-state index contributed by atoms with van der Waals surface area (Å²) in [6, 6.07) is 22.5. The van der Waals surface area contributed by atoms with Crippen LogP contribution in [0.2, 0.25) is 0 Å². The second-order valence-corrected chi connectivity index (χ2v) is 10.9. The maximum Gasteiger partial charge on any atom is 0.338 e. The van der Waals surface area contributed by atoms with E-state index in [1.54, 1.807) is 31.2 Å². The molecule has 1 aliphatic heterocycles. The number of esters is 2. The van der Waals surface area contributed by atoms with Gasteiger partial charge in [-0.1, -0.05) is 30.3 Å². The van der Waals surface area contributed by atoms with Gasteiger partial charge in [-0.15, -0.1) is 0 Å². The SMILES string of the molecule is CCOC(=O)c1ccc(NC(=O)COC(=O)c2ccc(N3C(=O)[C@@H]4[C@@H]5C[C@@H]([C@H]4C3=O)[C@H](c3ccccc3)C5)cc2)cc1. The molecule has 3 aromatic carbocycles. The number of rotatable bonds is 8. The highest BCUT2D eigenvalue weighted by molar-refractivity contribution is 6.22. The number of hydrogen-bond donors (Lipinski definition) is 1. The largest absolute Gasteiger partial charge is 0.462 e. The molecule has 3 aliphatic rings. The summed E-state index contributed by atoms with van der Waals surface area (Å²) in [4.78, 5) is 64.8. The standard InChI is InChI=1S/C33H30N2O7/c1-2-41-32(39)20-8-12-23(13-9-20)34-27(36)18-42-33(40)21-10-14-24(15-11-21)35-30(37)28-22-16-25(19-6-4-3-5-7-19)26(17-22)29(28)31(35)38/h3-15,22,25-26,28-29H,2,16-18H2,1H3,(H,34,36)/t22-,25-,26+,28+,29+/m0/s1. The van der Waals surface area contributed by atoms with Gasteiger partial charge in [0.15, 0.2) is 6.61 Å². The minimum Gasteiger partial charge on any atom is -0.462 e. The Balaban J connectivity index is 1.05. The van der Waals surface area contributed by atoms with E-state index in [4.69, 9.17) is 9.47 Å². The molecule has 0 unspecified atom stereocenters. The van der Waals surface area contributed by atoms with E-state index >= 15 is 0 Å². The number of benzene rings is 3. The predicted molar refractivity (Wildman–Crippen MR) is 153 cm³/mol. The average molecular weight is 567 g/mol. The summed E-state index contributed by atoms with van der Waals surface area (Å²) in [5.74, 6) is -2.01. The van der Waals surface area contributed by atoms with Crippen molar-refractivity contribution in [2.24, 2.45) is 23.7 Å². The van der Waals surface area contributed by atoms with Gasteiger partial charge in [0.2, 0.25) is 11.8 Å². The van der Waals surface area contributed by atoms with Crippen LogP contribution in [0.15, 0.2) is 78.9 Å². The molecule has 42 heavy (non-hydrogen) atoms. The molecule has 1 saturated heterocycles. The molecule has 1 N–H and O–H groups in total. The predicted octanol–water partition coefficient (Wildman–Crippen LogP) is 4.59. The van der Waals surface area contributed by atoms with E-state index in [2.05, 4.69) is 17.4 Å². The summed E-state index contributed by atoms with van der Waals surface area (Å²) in [7, 11) is 0. The third-order valence-corrected chi connectivity index (χ3v) is 8.62. The smallest absolute Gasteiger partial charge is 0.338 e. The molecule has 0 spiro atoms. The summed E-state index contributed by atoms with van der Waals surface area (Å²) in [5.41, 5.74) is 2.63. The van der Waals surface area contributed by atoms with Crippen LogP contribution in [0, 0.1) is 23.7 Å². The fraction of sp³-hybridized carbons (Fsp3) is 0.303. The van der Waals surface area contributed by atoms with Gasteiger partial charge in [-0.05, 0) is 91.6 Å². The maximum absolute atomic E-state index is 13.5. The minimum absolute atomic E-state index is 0.153. The van der Waals surface area contributed by atoms with Gasteiger partial charge >= 0.3 is 11.9 Å². The topological polar surface area (TPSA) is 119 Å². The van der Waals surface area contributed by atoms with Crippen molar-refractivity contribution in [1.82, 2.24) is 0 Å². The van der Waals surface area contributed by atoms with Crippen LogP contribution in [-0.4, -0.2) is 42.9 Å². The first-order chi connectivity index (χ1) is 20.4. The van der Waals surface area contributed by atoms with Crippen molar-refractivity contribution in [2.75, 3.05) is 23.4 Å². The second kappa shape index (κ2) is 11.2. The quantitative estimate of drug-likeness (QED) is 0.313. The van der Waals surface area contributed by atoms with E-state index in [9.17, 15) is 24.0 Å². The lowest BCUT2D eigenvalue weighted by atomic mass is 9.73. The number of imide groups is 1. The number of anilines is 2. The Hall–Kier alpha value is -4.79. The molecule has 1 heterocycles. The molecule has 5 atom stereocenters. The molecule has 214 valence electrons. The molecule has 2 aliphatic carbocycles. The highest BCUT2D eigenvalue weighted by Gasteiger charge is 2.64. The van der Waals surface area contributed by atoms with Crippen LogP contribution >= 0.6 is 0 Å². The Kier molecular flexibility index (Phi) is 7.33. The average Bonchev–Trinajstić information content (AvgIpc) is 3.68. The molecular formula is C33H30N2O7. The summed E-state index contributed by atoms with van der Waals surface area (Å²) in [6.07, 6.45) is 1.82. The summed E-state index contributed by atoms with van der Waals surface area (Å²) >= 11 is 0. The van der Waals surface area contributed by atoms with Crippen LogP contribution in [0.3, 0.4) is 0 Å².